The molecule has 20 heavy (non-hydrogen) atoms. The van der Waals surface area contributed by atoms with Gasteiger partial charge in [-0.1, -0.05) is 48.5 Å². The number of para-hydroxylation sites is 1. The maximum atomic E-state index is 6.22. The van der Waals surface area contributed by atoms with Gasteiger partial charge in [0.25, 0.3) is 0 Å². The summed E-state index contributed by atoms with van der Waals surface area (Å²) in [6.45, 7) is 3.76. The van der Waals surface area contributed by atoms with Crippen molar-refractivity contribution in [2.24, 2.45) is 5.73 Å². The highest BCUT2D eigenvalue weighted by atomic mass is 35.5. The first kappa shape index (κ1) is 16.3. The normalized spacial score (nSPS) is 11.3. The number of hydrogen-bond donors (Lipinski definition) is 1. The fourth-order valence-electron chi connectivity index (χ4n) is 2.24. The van der Waals surface area contributed by atoms with Crippen LogP contribution in [0.2, 0.25) is 0 Å². The summed E-state index contributed by atoms with van der Waals surface area (Å²) in [6, 6.07) is 16.1. The fraction of sp³-hybridized carbons (Fsp3) is 0.176. The van der Waals surface area contributed by atoms with E-state index in [0.29, 0.717) is 0 Å². The van der Waals surface area contributed by atoms with Crippen molar-refractivity contribution in [1.29, 1.82) is 0 Å². The molecule has 0 heterocycles. The number of halogens is 1. The van der Waals surface area contributed by atoms with Crippen LogP contribution in [0.3, 0.4) is 0 Å². The van der Waals surface area contributed by atoms with E-state index in [9.17, 15) is 0 Å². The fourth-order valence-corrected chi connectivity index (χ4v) is 2.24. The Morgan fingerprint density at radius 1 is 1.10 bits per heavy atom. The van der Waals surface area contributed by atoms with Crippen molar-refractivity contribution in [1.82, 2.24) is 0 Å². The molecule has 1 atom stereocenters. The molecule has 0 saturated heterocycles. The van der Waals surface area contributed by atoms with Crippen molar-refractivity contribution >= 4 is 12.4 Å². The van der Waals surface area contributed by atoms with Crippen molar-refractivity contribution in [3.8, 4) is 16.9 Å². The van der Waals surface area contributed by atoms with Crippen molar-refractivity contribution in [2.75, 3.05) is 7.11 Å². The van der Waals surface area contributed by atoms with Crippen LogP contribution in [-0.2, 0) is 0 Å². The third-order valence-electron chi connectivity index (χ3n) is 3.18. The summed E-state index contributed by atoms with van der Waals surface area (Å²) < 4.78 is 5.43. The number of benzene rings is 2. The lowest BCUT2D eigenvalue weighted by Crippen LogP contribution is -2.10. The summed E-state index contributed by atoms with van der Waals surface area (Å²) in [5, 5.41) is 0. The highest BCUT2D eigenvalue weighted by Gasteiger charge is 2.13. The van der Waals surface area contributed by atoms with Crippen LogP contribution in [0.15, 0.2) is 61.2 Å². The van der Waals surface area contributed by atoms with Crippen LogP contribution in [0.1, 0.15) is 18.0 Å². The minimum atomic E-state index is -0.0430. The highest BCUT2D eigenvalue weighted by Crippen LogP contribution is 2.34. The zero-order valence-electron chi connectivity index (χ0n) is 11.6. The molecular formula is C17H20ClNO. The first-order valence-electron chi connectivity index (χ1n) is 6.36. The summed E-state index contributed by atoms with van der Waals surface area (Å²) in [4.78, 5) is 0. The van der Waals surface area contributed by atoms with Gasteiger partial charge in [-0.25, -0.2) is 0 Å². The minimum Gasteiger partial charge on any atom is -0.496 e. The predicted octanol–water partition coefficient (Wildman–Crippen LogP) is 4.36. The molecular weight excluding hydrogens is 270 g/mol. The summed E-state index contributed by atoms with van der Waals surface area (Å²) >= 11 is 0. The molecule has 0 radical (unpaired) electrons. The number of methoxy groups -OCH3 is 1. The molecule has 0 aromatic heterocycles. The molecule has 0 fully saturated rings. The molecule has 3 heteroatoms. The smallest absolute Gasteiger partial charge is 0.126 e. The van der Waals surface area contributed by atoms with Gasteiger partial charge in [0.1, 0.15) is 5.75 Å². The van der Waals surface area contributed by atoms with Gasteiger partial charge >= 0.3 is 0 Å². The minimum absolute atomic E-state index is 0. The van der Waals surface area contributed by atoms with Crippen LogP contribution < -0.4 is 10.5 Å². The molecule has 106 valence electrons. The van der Waals surface area contributed by atoms with E-state index in [1.807, 2.05) is 36.4 Å². The number of ether oxygens (including phenoxy) is 1. The van der Waals surface area contributed by atoms with E-state index in [4.69, 9.17) is 10.5 Å². The average Bonchev–Trinajstić information content (AvgIpc) is 2.47. The van der Waals surface area contributed by atoms with E-state index in [-0.39, 0.29) is 18.4 Å². The van der Waals surface area contributed by atoms with Crippen LogP contribution in [0.4, 0.5) is 0 Å². The Morgan fingerprint density at radius 2 is 1.70 bits per heavy atom. The van der Waals surface area contributed by atoms with Crippen molar-refractivity contribution in [2.45, 2.75) is 12.5 Å². The molecule has 2 nitrogen and oxygen atoms in total. The van der Waals surface area contributed by atoms with Gasteiger partial charge in [0.2, 0.25) is 0 Å². The van der Waals surface area contributed by atoms with Crippen LogP contribution in [0, 0.1) is 0 Å². The third-order valence-corrected chi connectivity index (χ3v) is 3.18. The molecule has 0 spiro atoms. The Balaban J connectivity index is 0.00000200. The Bertz CT molecular complexity index is 568. The Morgan fingerprint density at radius 3 is 2.35 bits per heavy atom. The molecule has 2 aromatic rings. The third kappa shape index (κ3) is 3.41. The van der Waals surface area contributed by atoms with Gasteiger partial charge in [-0.2, -0.15) is 0 Å². The summed E-state index contributed by atoms with van der Waals surface area (Å²) in [5.41, 5.74) is 9.53. The maximum absolute atomic E-state index is 6.22. The van der Waals surface area contributed by atoms with Crippen LogP contribution in [-0.4, -0.2) is 7.11 Å². The Hall–Kier alpha value is -1.77. The van der Waals surface area contributed by atoms with Crippen LogP contribution >= 0.6 is 12.4 Å². The zero-order valence-corrected chi connectivity index (χ0v) is 12.4. The van der Waals surface area contributed by atoms with Gasteiger partial charge < -0.3 is 10.5 Å². The lowest BCUT2D eigenvalue weighted by molar-refractivity contribution is 0.416. The van der Waals surface area contributed by atoms with Crippen molar-refractivity contribution in [3.05, 3.63) is 66.7 Å². The number of hydrogen-bond acceptors (Lipinski definition) is 2. The molecule has 2 aromatic carbocycles. The largest absolute Gasteiger partial charge is 0.496 e. The molecule has 0 bridgehead atoms. The van der Waals surface area contributed by atoms with E-state index in [1.165, 1.54) is 0 Å². The molecule has 2 rings (SSSR count). The van der Waals surface area contributed by atoms with E-state index in [1.54, 1.807) is 7.11 Å². The van der Waals surface area contributed by atoms with E-state index < -0.39 is 0 Å². The molecule has 0 aliphatic heterocycles. The number of rotatable bonds is 5. The van der Waals surface area contributed by atoms with Gasteiger partial charge in [-0.05, 0) is 23.6 Å². The summed E-state index contributed by atoms with van der Waals surface area (Å²) in [5.74, 6) is 0.862. The van der Waals surface area contributed by atoms with Gasteiger partial charge in [-0.3, -0.25) is 0 Å². The SMILES string of the molecule is C=CCC(N)c1ccccc1-c1ccccc1OC.Cl. The Kier molecular flexibility index (Phi) is 6.29. The average molecular weight is 290 g/mol. The molecule has 2 N–H and O–H groups in total. The zero-order chi connectivity index (χ0) is 13.7. The summed E-state index contributed by atoms with van der Waals surface area (Å²) in [6.07, 6.45) is 2.61. The van der Waals surface area contributed by atoms with Gasteiger partial charge in [0.05, 0.1) is 7.11 Å². The standard InChI is InChI=1S/C17H19NO.ClH/c1-3-8-16(18)14-10-5-4-9-13(14)15-11-6-7-12-17(15)19-2;/h3-7,9-12,16H,1,8,18H2,2H3;1H. The van der Waals surface area contributed by atoms with E-state index in [2.05, 4.69) is 24.8 Å². The van der Waals surface area contributed by atoms with E-state index in [0.717, 1.165) is 28.9 Å². The van der Waals surface area contributed by atoms with E-state index >= 15 is 0 Å². The van der Waals surface area contributed by atoms with Gasteiger partial charge in [-0.15, -0.1) is 19.0 Å². The molecule has 0 amide bonds. The first-order chi connectivity index (χ1) is 9.27. The monoisotopic (exact) mass is 289 g/mol. The predicted molar refractivity (Wildman–Crippen MR) is 87.4 cm³/mol. The second-order valence-corrected chi connectivity index (χ2v) is 4.42. The van der Waals surface area contributed by atoms with Crippen molar-refractivity contribution in [3.63, 3.8) is 0 Å². The topological polar surface area (TPSA) is 35.2 Å². The summed E-state index contributed by atoms with van der Waals surface area (Å²) in [7, 11) is 1.69. The van der Waals surface area contributed by atoms with Gasteiger partial charge in [0.15, 0.2) is 0 Å². The molecule has 0 saturated carbocycles. The van der Waals surface area contributed by atoms with Crippen LogP contribution in [0.25, 0.3) is 11.1 Å². The first-order valence-corrected chi connectivity index (χ1v) is 6.36. The van der Waals surface area contributed by atoms with Gasteiger partial charge in [0, 0.05) is 11.6 Å². The Labute approximate surface area is 126 Å². The molecule has 1 unspecified atom stereocenters. The lowest BCUT2D eigenvalue weighted by Gasteiger charge is -2.17. The lowest BCUT2D eigenvalue weighted by atomic mass is 9.93. The van der Waals surface area contributed by atoms with Crippen molar-refractivity contribution < 1.29 is 4.74 Å². The second kappa shape index (κ2) is 7.73. The maximum Gasteiger partial charge on any atom is 0.126 e. The molecule has 0 aliphatic rings. The quantitative estimate of drug-likeness (QED) is 0.830. The number of nitrogens with two attached hydrogens (primary N) is 1. The second-order valence-electron chi connectivity index (χ2n) is 4.42. The van der Waals surface area contributed by atoms with Crippen LogP contribution in [0.5, 0.6) is 5.75 Å². The molecule has 0 aliphatic carbocycles. The highest BCUT2D eigenvalue weighted by molar-refractivity contribution is 5.85.